The number of hydrogen-bond donors (Lipinski definition) is 1. The molecule has 2 aromatic rings. The van der Waals surface area contributed by atoms with Crippen molar-refractivity contribution in [2.45, 2.75) is 18.2 Å². The SMILES string of the molecule is CCCSc1ccc(N)c2cc(Br)cnc12. The second kappa shape index (κ2) is 5.06. The lowest BCUT2D eigenvalue weighted by atomic mass is 10.2. The Kier molecular flexibility index (Phi) is 3.71. The Morgan fingerprint density at radius 3 is 3.00 bits per heavy atom. The van der Waals surface area contributed by atoms with Crippen molar-refractivity contribution in [3.8, 4) is 0 Å². The summed E-state index contributed by atoms with van der Waals surface area (Å²) < 4.78 is 0.962. The lowest BCUT2D eigenvalue weighted by molar-refractivity contribution is 1.10. The first-order valence-electron chi connectivity index (χ1n) is 5.19. The summed E-state index contributed by atoms with van der Waals surface area (Å²) in [5, 5.41) is 1.02. The fourth-order valence-corrected chi connectivity index (χ4v) is 2.74. The van der Waals surface area contributed by atoms with Crippen LogP contribution in [0.25, 0.3) is 10.9 Å². The summed E-state index contributed by atoms with van der Waals surface area (Å²) in [4.78, 5) is 5.65. The molecule has 0 bridgehead atoms. The number of nitrogens with zero attached hydrogens (tertiary/aromatic N) is 1. The molecule has 0 saturated heterocycles. The number of fused-ring (bicyclic) bond motifs is 1. The lowest BCUT2D eigenvalue weighted by Crippen LogP contribution is -1.91. The number of halogens is 1. The Labute approximate surface area is 108 Å². The topological polar surface area (TPSA) is 38.9 Å². The molecule has 2 nitrogen and oxygen atoms in total. The Morgan fingerprint density at radius 2 is 2.25 bits per heavy atom. The number of pyridine rings is 1. The second-order valence-electron chi connectivity index (χ2n) is 3.55. The van der Waals surface area contributed by atoms with Crippen LogP contribution in [0, 0.1) is 0 Å². The summed E-state index contributed by atoms with van der Waals surface area (Å²) >= 11 is 5.25. The van der Waals surface area contributed by atoms with E-state index in [1.807, 2.05) is 30.1 Å². The van der Waals surface area contributed by atoms with Crippen molar-refractivity contribution in [1.29, 1.82) is 0 Å². The van der Waals surface area contributed by atoms with E-state index >= 15 is 0 Å². The number of thioether (sulfide) groups is 1. The molecule has 0 radical (unpaired) electrons. The number of nitrogen functional groups attached to an aromatic ring is 1. The van der Waals surface area contributed by atoms with E-state index in [9.17, 15) is 0 Å². The van der Waals surface area contributed by atoms with Crippen LogP contribution in [0.1, 0.15) is 13.3 Å². The largest absolute Gasteiger partial charge is 0.398 e. The maximum absolute atomic E-state index is 5.95. The van der Waals surface area contributed by atoms with Crippen LogP contribution in [0.3, 0.4) is 0 Å². The highest BCUT2D eigenvalue weighted by atomic mass is 79.9. The van der Waals surface area contributed by atoms with Crippen LogP contribution in [0.4, 0.5) is 5.69 Å². The van der Waals surface area contributed by atoms with Gasteiger partial charge in [-0.3, -0.25) is 4.98 Å². The molecule has 0 amide bonds. The molecule has 0 aliphatic rings. The molecule has 0 aliphatic heterocycles. The van der Waals surface area contributed by atoms with Gasteiger partial charge in [0, 0.05) is 26.6 Å². The van der Waals surface area contributed by atoms with E-state index in [1.165, 1.54) is 4.90 Å². The average Bonchev–Trinajstić information content (AvgIpc) is 2.29. The van der Waals surface area contributed by atoms with Crippen LogP contribution < -0.4 is 5.73 Å². The summed E-state index contributed by atoms with van der Waals surface area (Å²) in [5.74, 6) is 1.11. The maximum Gasteiger partial charge on any atom is 0.0859 e. The molecule has 84 valence electrons. The van der Waals surface area contributed by atoms with Crippen LogP contribution in [-0.2, 0) is 0 Å². The average molecular weight is 297 g/mol. The van der Waals surface area contributed by atoms with Crippen molar-refractivity contribution in [3.05, 3.63) is 28.9 Å². The number of nitrogens with two attached hydrogens (primary N) is 1. The third-order valence-corrected chi connectivity index (χ3v) is 3.96. The molecular weight excluding hydrogens is 284 g/mol. The first-order valence-corrected chi connectivity index (χ1v) is 6.96. The zero-order valence-corrected chi connectivity index (χ0v) is 11.4. The van der Waals surface area contributed by atoms with E-state index < -0.39 is 0 Å². The van der Waals surface area contributed by atoms with Gasteiger partial charge in [0.2, 0.25) is 0 Å². The molecule has 2 rings (SSSR count). The van der Waals surface area contributed by atoms with Crippen LogP contribution in [0.15, 0.2) is 33.8 Å². The zero-order chi connectivity index (χ0) is 11.5. The van der Waals surface area contributed by atoms with E-state index in [-0.39, 0.29) is 0 Å². The minimum absolute atomic E-state index is 0.782. The molecule has 16 heavy (non-hydrogen) atoms. The van der Waals surface area contributed by atoms with Gasteiger partial charge < -0.3 is 5.73 Å². The molecule has 4 heteroatoms. The smallest absolute Gasteiger partial charge is 0.0859 e. The summed E-state index contributed by atoms with van der Waals surface area (Å²) in [6, 6.07) is 6.03. The van der Waals surface area contributed by atoms with Crippen molar-refractivity contribution in [3.63, 3.8) is 0 Å². The molecule has 0 fully saturated rings. The number of anilines is 1. The zero-order valence-electron chi connectivity index (χ0n) is 9.03. The highest BCUT2D eigenvalue weighted by Crippen LogP contribution is 2.31. The van der Waals surface area contributed by atoms with Gasteiger partial charge in [0.05, 0.1) is 5.52 Å². The van der Waals surface area contributed by atoms with Gasteiger partial charge in [-0.05, 0) is 46.3 Å². The Balaban J connectivity index is 2.55. The van der Waals surface area contributed by atoms with Gasteiger partial charge >= 0.3 is 0 Å². The van der Waals surface area contributed by atoms with Gasteiger partial charge in [0.25, 0.3) is 0 Å². The molecule has 1 heterocycles. The summed E-state index contributed by atoms with van der Waals surface area (Å²) in [7, 11) is 0. The van der Waals surface area contributed by atoms with Gasteiger partial charge in [0.1, 0.15) is 0 Å². The Morgan fingerprint density at radius 1 is 1.44 bits per heavy atom. The molecule has 1 aromatic carbocycles. The van der Waals surface area contributed by atoms with Crippen molar-refractivity contribution in [2.75, 3.05) is 11.5 Å². The van der Waals surface area contributed by atoms with Crippen molar-refractivity contribution < 1.29 is 0 Å². The van der Waals surface area contributed by atoms with Gasteiger partial charge in [0.15, 0.2) is 0 Å². The summed E-state index contributed by atoms with van der Waals surface area (Å²) in [5.41, 5.74) is 7.74. The second-order valence-corrected chi connectivity index (χ2v) is 5.60. The summed E-state index contributed by atoms with van der Waals surface area (Å²) in [6.07, 6.45) is 2.98. The monoisotopic (exact) mass is 296 g/mol. The lowest BCUT2D eigenvalue weighted by Gasteiger charge is -2.07. The standard InChI is InChI=1S/C12H13BrN2S/c1-2-5-16-11-4-3-10(14)9-6-8(13)7-15-12(9)11/h3-4,6-7H,2,5,14H2,1H3. The molecule has 0 saturated carbocycles. The van der Waals surface area contributed by atoms with Gasteiger partial charge in [-0.1, -0.05) is 6.92 Å². The van der Waals surface area contributed by atoms with Crippen LogP contribution in [0.2, 0.25) is 0 Å². The minimum atomic E-state index is 0.782. The van der Waals surface area contributed by atoms with Crippen LogP contribution in [-0.4, -0.2) is 10.7 Å². The van der Waals surface area contributed by atoms with Crippen molar-refractivity contribution in [1.82, 2.24) is 4.98 Å². The van der Waals surface area contributed by atoms with E-state index in [0.29, 0.717) is 0 Å². The number of benzene rings is 1. The number of aromatic nitrogens is 1. The van der Waals surface area contributed by atoms with E-state index in [4.69, 9.17) is 5.73 Å². The van der Waals surface area contributed by atoms with Crippen LogP contribution in [0.5, 0.6) is 0 Å². The van der Waals surface area contributed by atoms with Crippen molar-refractivity contribution in [2.24, 2.45) is 0 Å². The highest BCUT2D eigenvalue weighted by molar-refractivity contribution is 9.10. The molecule has 0 aliphatic carbocycles. The van der Waals surface area contributed by atoms with Gasteiger partial charge in [-0.15, -0.1) is 11.8 Å². The fraction of sp³-hybridized carbons (Fsp3) is 0.250. The Bertz CT molecular complexity index is 514. The van der Waals surface area contributed by atoms with E-state index in [0.717, 1.165) is 33.2 Å². The normalized spacial score (nSPS) is 10.9. The number of hydrogen-bond acceptors (Lipinski definition) is 3. The molecule has 1 aromatic heterocycles. The Hall–Kier alpha value is -0.740. The van der Waals surface area contributed by atoms with Crippen molar-refractivity contribution >= 4 is 44.3 Å². The first kappa shape index (κ1) is 11.7. The van der Waals surface area contributed by atoms with Gasteiger partial charge in [-0.2, -0.15) is 0 Å². The van der Waals surface area contributed by atoms with Crippen LogP contribution >= 0.6 is 27.7 Å². The third kappa shape index (κ3) is 2.33. The predicted molar refractivity (Wildman–Crippen MR) is 74.9 cm³/mol. The molecule has 0 spiro atoms. The molecule has 0 unspecified atom stereocenters. The number of rotatable bonds is 3. The summed E-state index contributed by atoms with van der Waals surface area (Å²) in [6.45, 7) is 2.18. The fourth-order valence-electron chi connectivity index (χ4n) is 1.52. The molecular formula is C12H13BrN2S. The first-order chi connectivity index (χ1) is 7.72. The minimum Gasteiger partial charge on any atom is -0.398 e. The third-order valence-electron chi connectivity index (χ3n) is 2.27. The maximum atomic E-state index is 5.95. The van der Waals surface area contributed by atoms with E-state index in [2.05, 4.69) is 33.9 Å². The van der Waals surface area contributed by atoms with Gasteiger partial charge in [-0.25, -0.2) is 0 Å². The highest BCUT2D eigenvalue weighted by Gasteiger charge is 2.06. The van der Waals surface area contributed by atoms with E-state index in [1.54, 1.807) is 0 Å². The predicted octanol–water partition coefficient (Wildman–Crippen LogP) is 4.08. The molecule has 2 N–H and O–H groups in total. The quantitative estimate of drug-likeness (QED) is 0.685. The molecule has 0 atom stereocenters.